The molecule has 0 saturated carbocycles. The molecule has 9 heteroatoms. The molecular formula is C22H19BrClFN2O4. The van der Waals surface area contributed by atoms with Gasteiger partial charge in [-0.15, -0.1) is 0 Å². The lowest BCUT2D eigenvalue weighted by molar-refractivity contribution is -0.384. The smallest absolute Gasteiger partial charge is 0.269 e. The number of non-ortho nitro benzene ring substituents is 1. The zero-order chi connectivity index (χ0) is 22.4. The second kappa shape index (κ2) is 10.5. The Hall–Kier alpha value is -2.84. The van der Waals surface area contributed by atoms with Crippen molar-refractivity contribution in [3.05, 3.63) is 91.2 Å². The highest BCUT2D eigenvalue weighted by atomic mass is 79.9. The summed E-state index contributed by atoms with van der Waals surface area (Å²) in [5.74, 6) is 0.629. The molecular weight excluding hydrogens is 491 g/mol. The van der Waals surface area contributed by atoms with Crippen molar-refractivity contribution in [3.8, 4) is 11.5 Å². The fraction of sp³-hybridized carbons (Fsp3) is 0.182. The minimum Gasteiger partial charge on any atom is -0.490 e. The molecule has 0 radical (unpaired) electrons. The summed E-state index contributed by atoms with van der Waals surface area (Å²) < 4.78 is 25.7. The van der Waals surface area contributed by atoms with Gasteiger partial charge in [-0.25, -0.2) is 4.39 Å². The average Bonchev–Trinajstić information content (AvgIpc) is 2.74. The van der Waals surface area contributed by atoms with Gasteiger partial charge in [0.2, 0.25) is 0 Å². The quantitative estimate of drug-likeness (QED) is 0.255. The van der Waals surface area contributed by atoms with E-state index in [9.17, 15) is 14.5 Å². The van der Waals surface area contributed by atoms with Gasteiger partial charge in [-0.3, -0.25) is 10.1 Å². The van der Waals surface area contributed by atoms with E-state index in [1.165, 1.54) is 24.3 Å². The molecule has 0 fully saturated rings. The van der Waals surface area contributed by atoms with E-state index in [2.05, 4.69) is 21.2 Å². The van der Waals surface area contributed by atoms with E-state index in [1.54, 1.807) is 18.2 Å². The molecule has 3 aromatic rings. The van der Waals surface area contributed by atoms with E-state index in [0.29, 0.717) is 34.8 Å². The molecule has 0 amide bonds. The van der Waals surface area contributed by atoms with Crippen LogP contribution < -0.4 is 14.8 Å². The lowest BCUT2D eigenvalue weighted by Crippen LogP contribution is -2.04. The van der Waals surface area contributed by atoms with Crippen molar-refractivity contribution in [1.82, 2.24) is 0 Å². The molecule has 0 spiro atoms. The van der Waals surface area contributed by atoms with Crippen molar-refractivity contribution in [1.29, 1.82) is 0 Å². The zero-order valence-electron chi connectivity index (χ0n) is 16.5. The second-order valence-electron chi connectivity index (χ2n) is 6.53. The standard InChI is InChI=1S/C22H19BrClFN2O4/c1-2-30-21-10-15(12-26-16-5-8-20(25)19(24)11-16)9-18(23)22(21)31-13-14-3-6-17(7-4-14)27(28)29/h3-11,26H,2,12-13H2,1H3. The van der Waals surface area contributed by atoms with Gasteiger partial charge in [-0.1, -0.05) is 11.6 Å². The summed E-state index contributed by atoms with van der Waals surface area (Å²) in [6, 6.07) is 14.4. The Morgan fingerprint density at radius 2 is 1.84 bits per heavy atom. The Labute approximate surface area is 192 Å². The first-order valence-corrected chi connectivity index (χ1v) is 10.5. The van der Waals surface area contributed by atoms with E-state index in [1.807, 2.05) is 19.1 Å². The monoisotopic (exact) mass is 508 g/mol. The fourth-order valence-corrected chi connectivity index (χ4v) is 3.59. The molecule has 0 aromatic heterocycles. The molecule has 1 N–H and O–H groups in total. The van der Waals surface area contributed by atoms with E-state index in [0.717, 1.165) is 11.1 Å². The first-order valence-electron chi connectivity index (χ1n) is 9.37. The molecule has 0 atom stereocenters. The predicted molar refractivity (Wildman–Crippen MR) is 121 cm³/mol. The summed E-state index contributed by atoms with van der Waals surface area (Å²) in [4.78, 5) is 10.3. The van der Waals surface area contributed by atoms with Crippen molar-refractivity contribution in [2.75, 3.05) is 11.9 Å². The molecule has 0 aliphatic heterocycles. The molecule has 6 nitrogen and oxygen atoms in total. The third-order valence-electron chi connectivity index (χ3n) is 4.32. The van der Waals surface area contributed by atoms with Crippen LogP contribution in [0.15, 0.2) is 59.1 Å². The highest BCUT2D eigenvalue weighted by Crippen LogP contribution is 2.38. The maximum absolute atomic E-state index is 13.3. The van der Waals surface area contributed by atoms with Crippen LogP contribution in [0.25, 0.3) is 0 Å². The van der Waals surface area contributed by atoms with Crippen LogP contribution in [0.4, 0.5) is 15.8 Å². The highest BCUT2D eigenvalue weighted by molar-refractivity contribution is 9.10. The van der Waals surface area contributed by atoms with Crippen molar-refractivity contribution < 1.29 is 18.8 Å². The topological polar surface area (TPSA) is 73.6 Å². The van der Waals surface area contributed by atoms with Gasteiger partial charge in [0.05, 0.1) is 21.0 Å². The molecule has 0 bridgehead atoms. The van der Waals surface area contributed by atoms with Gasteiger partial charge < -0.3 is 14.8 Å². The molecule has 0 unspecified atom stereocenters. The normalized spacial score (nSPS) is 10.6. The van der Waals surface area contributed by atoms with Crippen LogP contribution in [0.1, 0.15) is 18.1 Å². The summed E-state index contributed by atoms with van der Waals surface area (Å²) in [5, 5.41) is 14.0. The van der Waals surface area contributed by atoms with Crippen molar-refractivity contribution >= 4 is 38.9 Å². The number of rotatable bonds is 9. The number of ether oxygens (including phenoxy) is 2. The van der Waals surface area contributed by atoms with Crippen LogP contribution in [0.5, 0.6) is 11.5 Å². The average molecular weight is 510 g/mol. The zero-order valence-corrected chi connectivity index (χ0v) is 18.9. The Bertz CT molecular complexity index is 1080. The fourth-order valence-electron chi connectivity index (χ4n) is 2.81. The number of nitro benzene ring substituents is 1. The predicted octanol–water partition coefficient (Wildman–Crippen LogP) is 6.74. The summed E-state index contributed by atoms with van der Waals surface area (Å²) >= 11 is 9.35. The van der Waals surface area contributed by atoms with Crippen LogP contribution >= 0.6 is 27.5 Å². The van der Waals surface area contributed by atoms with Gasteiger partial charge in [0.25, 0.3) is 5.69 Å². The van der Waals surface area contributed by atoms with E-state index in [-0.39, 0.29) is 17.3 Å². The van der Waals surface area contributed by atoms with Gasteiger partial charge in [0.1, 0.15) is 12.4 Å². The summed E-state index contributed by atoms with van der Waals surface area (Å²) in [7, 11) is 0. The van der Waals surface area contributed by atoms with Crippen LogP contribution in [0.2, 0.25) is 5.02 Å². The summed E-state index contributed by atoms with van der Waals surface area (Å²) in [5.41, 5.74) is 2.43. The minimum absolute atomic E-state index is 0.0271. The van der Waals surface area contributed by atoms with Crippen molar-refractivity contribution in [3.63, 3.8) is 0 Å². The van der Waals surface area contributed by atoms with Crippen molar-refractivity contribution in [2.24, 2.45) is 0 Å². The molecule has 0 aliphatic rings. The number of nitrogens with one attached hydrogen (secondary N) is 1. The van der Waals surface area contributed by atoms with Gasteiger partial charge in [-0.2, -0.15) is 0 Å². The van der Waals surface area contributed by atoms with E-state index >= 15 is 0 Å². The van der Waals surface area contributed by atoms with E-state index in [4.69, 9.17) is 21.1 Å². The first-order chi connectivity index (χ1) is 14.9. The minimum atomic E-state index is -0.469. The number of anilines is 1. The Kier molecular flexibility index (Phi) is 7.70. The van der Waals surface area contributed by atoms with Crippen LogP contribution in [0, 0.1) is 15.9 Å². The Balaban J connectivity index is 1.73. The number of halogens is 3. The van der Waals surface area contributed by atoms with Gasteiger partial charge >= 0.3 is 0 Å². The molecule has 31 heavy (non-hydrogen) atoms. The number of hydrogen-bond donors (Lipinski definition) is 1. The van der Waals surface area contributed by atoms with Gasteiger partial charge in [0, 0.05) is 24.4 Å². The SMILES string of the molecule is CCOc1cc(CNc2ccc(F)c(Cl)c2)cc(Br)c1OCc1ccc([N+](=O)[O-])cc1. The molecule has 3 aromatic carbocycles. The lowest BCUT2D eigenvalue weighted by atomic mass is 10.2. The van der Waals surface area contributed by atoms with Crippen molar-refractivity contribution in [2.45, 2.75) is 20.1 Å². The number of hydrogen-bond acceptors (Lipinski definition) is 5. The number of benzene rings is 3. The maximum atomic E-state index is 13.3. The van der Waals surface area contributed by atoms with Gasteiger partial charge in [-0.05, 0) is 76.4 Å². The van der Waals surface area contributed by atoms with E-state index < -0.39 is 10.7 Å². The molecule has 162 valence electrons. The number of nitrogens with zero attached hydrogens (tertiary/aromatic N) is 1. The Morgan fingerprint density at radius 3 is 2.48 bits per heavy atom. The third kappa shape index (κ3) is 6.08. The van der Waals surface area contributed by atoms with Gasteiger partial charge in [0.15, 0.2) is 11.5 Å². The van der Waals surface area contributed by atoms with Crippen LogP contribution in [-0.4, -0.2) is 11.5 Å². The molecule has 0 aliphatic carbocycles. The molecule has 0 heterocycles. The van der Waals surface area contributed by atoms with Crippen LogP contribution in [0.3, 0.4) is 0 Å². The molecule has 0 saturated heterocycles. The first kappa shape index (κ1) is 22.8. The number of nitro groups is 1. The molecule has 3 rings (SSSR count). The highest BCUT2D eigenvalue weighted by Gasteiger charge is 2.13. The summed E-state index contributed by atoms with van der Waals surface area (Å²) in [6.07, 6.45) is 0. The van der Waals surface area contributed by atoms with Crippen LogP contribution in [-0.2, 0) is 13.2 Å². The summed E-state index contributed by atoms with van der Waals surface area (Å²) in [6.45, 7) is 3.01. The Morgan fingerprint density at radius 1 is 1.10 bits per heavy atom. The second-order valence-corrected chi connectivity index (χ2v) is 7.79. The largest absolute Gasteiger partial charge is 0.490 e. The lowest BCUT2D eigenvalue weighted by Gasteiger charge is -2.16. The third-order valence-corrected chi connectivity index (χ3v) is 5.19. The maximum Gasteiger partial charge on any atom is 0.269 e.